The molecular weight excluding hydrogens is 452 g/mol. The van der Waals surface area contributed by atoms with Crippen LogP contribution in [-0.4, -0.2) is 48.3 Å². The normalized spacial score (nSPS) is 25.3. The van der Waals surface area contributed by atoms with Crippen LogP contribution >= 0.6 is 23.2 Å². The summed E-state index contributed by atoms with van der Waals surface area (Å²) in [6.45, 7) is -0.154. The van der Waals surface area contributed by atoms with Crippen molar-refractivity contribution in [3.8, 4) is 5.75 Å². The number of alkyl halides is 1. The van der Waals surface area contributed by atoms with Crippen molar-refractivity contribution in [2.75, 3.05) is 19.0 Å². The average molecular weight is 474 g/mol. The van der Waals surface area contributed by atoms with E-state index in [0.717, 1.165) is 6.07 Å². The van der Waals surface area contributed by atoms with Crippen LogP contribution < -0.4 is 15.8 Å². The zero-order valence-corrected chi connectivity index (χ0v) is 18.1. The van der Waals surface area contributed by atoms with Gasteiger partial charge in [-0.2, -0.15) is 0 Å². The molecule has 3 fully saturated rings. The van der Waals surface area contributed by atoms with Crippen LogP contribution in [0.1, 0.15) is 32.1 Å². The number of nitrogens with one attached hydrogen (secondary N) is 1. The number of carbonyl (C=O) groups excluding carboxylic acids is 3. The van der Waals surface area contributed by atoms with E-state index in [9.17, 15) is 18.8 Å². The third kappa shape index (κ3) is 5.10. The molecule has 1 aromatic rings. The van der Waals surface area contributed by atoms with Gasteiger partial charge in [0.2, 0.25) is 0 Å². The molecule has 2 bridgehead atoms. The third-order valence-electron chi connectivity index (χ3n) is 5.70. The summed E-state index contributed by atoms with van der Waals surface area (Å²) in [6.07, 6.45) is 1.32. The minimum Gasteiger partial charge on any atom is -0.484 e. The van der Waals surface area contributed by atoms with Crippen LogP contribution in [0.15, 0.2) is 23.2 Å². The van der Waals surface area contributed by atoms with Gasteiger partial charge in [-0.1, -0.05) is 11.6 Å². The smallest absolute Gasteiger partial charge is 0.327 e. The summed E-state index contributed by atoms with van der Waals surface area (Å²) in [5.74, 6) is -1.74. The predicted molar refractivity (Wildman–Crippen MR) is 112 cm³/mol. The van der Waals surface area contributed by atoms with E-state index in [1.807, 2.05) is 0 Å². The van der Waals surface area contributed by atoms with Gasteiger partial charge < -0.3 is 20.5 Å². The molecule has 3 aliphatic rings. The van der Waals surface area contributed by atoms with E-state index in [0.29, 0.717) is 12.8 Å². The summed E-state index contributed by atoms with van der Waals surface area (Å²) in [6, 6.07) is 3.54. The molecule has 168 valence electrons. The third-order valence-corrected chi connectivity index (χ3v) is 6.17. The number of fused-ring (bicyclic) bond motifs is 3. The number of benzene rings is 1. The first kappa shape index (κ1) is 23.3. The monoisotopic (exact) mass is 473 g/mol. The number of ether oxygens (including phenoxy) is 2. The van der Waals surface area contributed by atoms with E-state index >= 15 is 0 Å². The Balaban J connectivity index is 1.57. The summed E-state index contributed by atoms with van der Waals surface area (Å²) >= 11 is 11.1. The zero-order chi connectivity index (χ0) is 22.6. The minimum absolute atomic E-state index is 0.00212. The number of hydrogen-bond acceptors (Lipinski definition) is 6. The number of amidine groups is 1. The number of halogens is 3. The second kappa shape index (κ2) is 9.40. The van der Waals surface area contributed by atoms with E-state index in [2.05, 4.69) is 10.3 Å². The second-order valence-corrected chi connectivity index (χ2v) is 8.46. The van der Waals surface area contributed by atoms with Gasteiger partial charge in [-0.25, -0.2) is 9.38 Å². The lowest BCUT2D eigenvalue weighted by Gasteiger charge is -2.50. The number of nitrogens with zero attached hydrogens (tertiary/aromatic N) is 1. The van der Waals surface area contributed by atoms with Crippen molar-refractivity contribution in [3.05, 3.63) is 29.0 Å². The molecule has 0 unspecified atom stereocenters. The molecule has 0 radical (unpaired) electrons. The van der Waals surface area contributed by atoms with Crippen LogP contribution in [0.4, 0.5) is 4.39 Å². The Kier molecular flexibility index (Phi) is 7.06. The Morgan fingerprint density at radius 3 is 2.58 bits per heavy atom. The molecule has 1 amide bonds. The van der Waals surface area contributed by atoms with Gasteiger partial charge >= 0.3 is 5.97 Å². The van der Waals surface area contributed by atoms with Gasteiger partial charge in [0.25, 0.3) is 11.9 Å². The standard InChI is InChI=1S/C20H22Cl2FN3O5/c21-7-8-25-18(24)31-17(29)20-5-3-19(4-6-20,10-15(20)27)26-16(28)11-30-12-1-2-13(22)14(23)9-12/h1-2,9H,3-8,10-11H2,(H2,24,25)(H,26,28). The molecule has 0 aliphatic heterocycles. The summed E-state index contributed by atoms with van der Waals surface area (Å²) in [5, 5.41) is 2.80. The lowest BCUT2D eigenvalue weighted by atomic mass is 9.56. The van der Waals surface area contributed by atoms with Gasteiger partial charge in [0.1, 0.15) is 17.0 Å². The van der Waals surface area contributed by atoms with E-state index < -0.39 is 28.6 Å². The fourth-order valence-electron chi connectivity index (χ4n) is 4.00. The van der Waals surface area contributed by atoms with Crippen LogP contribution in [0, 0.1) is 11.2 Å². The van der Waals surface area contributed by atoms with Crippen molar-refractivity contribution < 1.29 is 28.2 Å². The predicted octanol–water partition coefficient (Wildman–Crippen LogP) is 2.34. The first-order chi connectivity index (χ1) is 14.7. The van der Waals surface area contributed by atoms with Crippen LogP contribution in [0.5, 0.6) is 5.75 Å². The van der Waals surface area contributed by atoms with Gasteiger partial charge in [-0.3, -0.25) is 14.4 Å². The molecule has 3 saturated carbocycles. The van der Waals surface area contributed by atoms with Gasteiger partial charge in [-0.15, -0.1) is 11.6 Å². The quantitative estimate of drug-likeness (QED) is 0.206. The van der Waals surface area contributed by atoms with Crippen LogP contribution in [0.3, 0.4) is 0 Å². The molecule has 3 aliphatic carbocycles. The van der Waals surface area contributed by atoms with E-state index in [1.165, 1.54) is 12.1 Å². The first-order valence-electron chi connectivity index (χ1n) is 9.70. The number of ketones is 1. The van der Waals surface area contributed by atoms with Gasteiger partial charge in [0.15, 0.2) is 12.4 Å². The number of amides is 1. The Hall–Kier alpha value is -2.39. The summed E-state index contributed by atoms with van der Waals surface area (Å²) in [5.41, 5.74) is 3.55. The summed E-state index contributed by atoms with van der Waals surface area (Å²) < 4.78 is 23.8. The Morgan fingerprint density at radius 2 is 1.97 bits per heavy atom. The molecular formula is C20H22Cl2FN3O5. The maximum Gasteiger partial charge on any atom is 0.327 e. The lowest BCUT2D eigenvalue weighted by Crippen LogP contribution is -2.63. The molecule has 31 heavy (non-hydrogen) atoms. The highest BCUT2D eigenvalue weighted by Gasteiger charge is 2.59. The van der Waals surface area contributed by atoms with Gasteiger partial charge in [-0.05, 0) is 37.8 Å². The zero-order valence-electron chi connectivity index (χ0n) is 16.6. The number of nitrogens with two attached hydrogens (primary N) is 1. The van der Waals surface area contributed by atoms with Crippen molar-refractivity contribution in [3.63, 3.8) is 0 Å². The maximum absolute atomic E-state index is 13.5. The van der Waals surface area contributed by atoms with Crippen molar-refractivity contribution in [2.45, 2.75) is 37.6 Å². The highest BCUT2D eigenvalue weighted by Crippen LogP contribution is 2.50. The Labute approximate surface area is 188 Å². The number of hydrogen-bond donors (Lipinski definition) is 2. The van der Waals surface area contributed by atoms with Crippen LogP contribution in [0.25, 0.3) is 0 Å². The van der Waals surface area contributed by atoms with Crippen LogP contribution in [0.2, 0.25) is 5.02 Å². The molecule has 8 nitrogen and oxygen atoms in total. The summed E-state index contributed by atoms with van der Waals surface area (Å²) in [7, 11) is 0. The first-order valence-corrected chi connectivity index (χ1v) is 10.6. The van der Waals surface area contributed by atoms with Crippen LogP contribution in [-0.2, 0) is 19.1 Å². The molecule has 11 heteroatoms. The summed E-state index contributed by atoms with van der Waals surface area (Å²) in [4.78, 5) is 41.6. The van der Waals surface area contributed by atoms with Crippen molar-refractivity contribution in [1.29, 1.82) is 0 Å². The fraction of sp³-hybridized carbons (Fsp3) is 0.500. The van der Waals surface area contributed by atoms with E-state index in [-0.39, 0.29) is 60.9 Å². The molecule has 0 heterocycles. The molecule has 0 spiro atoms. The number of esters is 1. The second-order valence-electron chi connectivity index (χ2n) is 7.67. The van der Waals surface area contributed by atoms with Gasteiger partial charge in [0, 0.05) is 23.9 Å². The van der Waals surface area contributed by atoms with E-state index in [1.54, 1.807) is 0 Å². The highest BCUT2D eigenvalue weighted by atomic mass is 35.5. The molecule has 0 aromatic heterocycles. The number of rotatable bonds is 7. The fourth-order valence-corrected chi connectivity index (χ4v) is 4.20. The molecule has 0 atom stereocenters. The molecule has 4 rings (SSSR count). The topological polar surface area (TPSA) is 120 Å². The average Bonchev–Trinajstić information content (AvgIpc) is 2.73. The number of carbonyl (C=O) groups is 3. The molecule has 1 aromatic carbocycles. The number of aliphatic imine (C=N–C) groups is 1. The van der Waals surface area contributed by atoms with Gasteiger partial charge in [0.05, 0.1) is 11.6 Å². The van der Waals surface area contributed by atoms with Crippen molar-refractivity contribution in [1.82, 2.24) is 5.32 Å². The Morgan fingerprint density at radius 1 is 1.26 bits per heavy atom. The minimum atomic E-state index is -1.27. The Bertz CT molecular complexity index is 916. The van der Waals surface area contributed by atoms with E-state index in [4.69, 9.17) is 38.4 Å². The maximum atomic E-state index is 13.5. The molecule has 3 N–H and O–H groups in total. The largest absolute Gasteiger partial charge is 0.484 e. The highest BCUT2D eigenvalue weighted by molar-refractivity contribution is 6.30. The lowest BCUT2D eigenvalue weighted by molar-refractivity contribution is -0.163. The molecule has 0 saturated heterocycles. The SMILES string of the molecule is NC(=NCCCl)OC(=O)C12CCC(NC(=O)COc3ccc(Cl)c(F)c3)(CC1)CC2=O. The van der Waals surface area contributed by atoms with Crippen molar-refractivity contribution >= 4 is 46.9 Å². The van der Waals surface area contributed by atoms with Crippen molar-refractivity contribution in [2.24, 2.45) is 16.1 Å². The number of Topliss-reactive ketones (excluding diaryl/α,β-unsaturated/α-hetero) is 1.